The molecule has 130 valence electrons. The normalized spacial score (nSPS) is 17.8. The summed E-state index contributed by atoms with van der Waals surface area (Å²) < 4.78 is 38.3. The summed E-state index contributed by atoms with van der Waals surface area (Å²) in [6, 6.07) is 6.38. The molecule has 1 aliphatic heterocycles. The van der Waals surface area contributed by atoms with Crippen LogP contribution in [0.15, 0.2) is 29.2 Å². The molecule has 1 unspecified atom stereocenters. The van der Waals surface area contributed by atoms with E-state index < -0.39 is 10.0 Å². The first-order valence-corrected chi connectivity index (χ1v) is 9.55. The van der Waals surface area contributed by atoms with Crippen molar-refractivity contribution in [2.75, 3.05) is 39.5 Å². The van der Waals surface area contributed by atoms with Crippen LogP contribution in [0.5, 0.6) is 5.75 Å². The van der Waals surface area contributed by atoms with Crippen molar-refractivity contribution >= 4 is 10.0 Å². The highest BCUT2D eigenvalue weighted by Gasteiger charge is 2.20. The molecule has 1 aromatic rings. The number of benzene rings is 1. The molecular weight excluding hydrogens is 316 g/mol. The highest BCUT2D eigenvalue weighted by molar-refractivity contribution is 7.89. The fraction of sp³-hybridized carbons (Fsp3) is 0.625. The maximum atomic E-state index is 12.4. The fourth-order valence-corrected chi connectivity index (χ4v) is 3.71. The molecule has 0 aliphatic carbocycles. The van der Waals surface area contributed by atoms with Crippen molar-refractivity contribution in [2.45, 2.75) is 31.2 Å². The first kappa shape index (κ1) is 18.2. The number of sulfonamides is 1. The summed E-state index contributed by atoms with van der Waals surface area (Å²) in [5.41, 5.74) is 0. The van der Waals surface area contributed by atoms with Crippen molar-refractivity contribution in [1.82, 2.24) is 9.62 Å². The maximum Gasteiger partial charge on any atom is 0.240 e. The molecule has 7 heteroatoms. The Bertz CT molecular complexity index is 568. The molecule has 23 heavy (non-hydrogen) atoms. The summed E-state index contributed by atoms with van der Waals surface area (Å²) >= 11 is 0. The minimum Gasteiger partial charge on any atom is -0.494 e. The zero-order valence-corrected chi connectivity index (χ0v) is 14.6. The van der Waals surface area contributed by atoms with Gasteiger partial charge in [0.05, 0.1) is 24.7 Å². The van der Waals surface area contributed by atoms with Crippen molar-refractivity contribution in [3.8, 4) is 5.75 Å². The number of hydrogen-bond acceptors (Lipinski definition) is 5. The average molecular weight is 342 g/mol. The molecule has 1 heterocycles. The minimum atomic E-state index is -3.51. The molecule has 1 fully saturated rings. The molecule has 0 aromatic heterocycles. The van der Waals surface area contributed by atoms with E-state index in [0.29, 0.717) is 32.1 Å². The van der Waals surface area contributed by atoms with Gasteiger partial charge in [-0.2, -0.15) is 0 Å². The van der Waals surface area contributed by atoms with Gasteiger partial charge in [0.2, 0.25) is 10.0 Å². The van der Waals surface area contributed by atoms with E-state index in [0.717, 1.165) is 19.5 Å². The quantitative estimate of drug-likeness (QED) is 0.775. The molecule has 1 aliphatic rings. The standard InChI is InChI=1S/C16H26N2O4S/c1-3-10-22-15-4-6-16(7-5-15)23(19,20)17-14(2)13-18-8-11-21-12-9-18/h4-7,14,17H,3,8-13H2,1-2H3. The van der Waals surface area contributed by atoms with Crippen LogP contribution in [0, 0.1) is 0 Å². The Morgan fingerprint density at radius 3 is 2.52 bits per heavy atom. The van der Waals surface area contributed by atoms with Crippen molar-refractivity contribution in [2.24, 2.45) is 0 Å². The molecule has 0 radical (unpaired) electrons. The Balaban J connectivity index is 1.91. The van der Waals surface area contributed by atoms with E-state index in [1.54, 1.807) is 24.3 Å². The zero-order valence-electron chi connectivity index (χ0n) is 13.8. The van der Waals surface area contributed by atoms with Crippen LogP contribution in [0.3, 0.4) is 0 Å². The number of ether oxygens (including phenoxy) is 2. The van der Waals surface area contributed by atoms with Crippen LogP contribution in [-0.4, -0.2) is 58.8 Å². The third-order valence-electron chi connectivity index (χ3n) is 3.60. The summed E-state index contributed by atoms with van der Waals surface area (Å²) in [7, 11) is -3.51. The molecule has 1 atom stereocenters. The van der Waals surface area contributed by atoms with Crippen LogP contribution in [-0.2, 0) is 14.8 Å². The lowest BCUT2D eigenvalue weighted by Crippen LogP contribution is -2.45. The third kappa shape index (κ3) is 5.76. The highest BCUT2D eigenvalue weighted by atomic mass is 32.2. The van der Waals surface area contributed by atoms with Crippen LogP contribution in [0.1, 0.15) is 20.3 Å². The van der Waals surface area contributed by atoms with Crippen molar-refractivity contribution in [3.63, 3.8) is 0 Å². The van der Waals surface area contributed by atoms with Gasteiger partial charge in [-0.05, 0) is 37.6 Å². The van der Waals surface area contributed by atoms with Crippen molar-refractivity contribution in [3.05, 3.63) is 24.3 Å². The lowest BCUT2D eigenvalue weighted by molar-refractivity contribution is 0.0354. The van der Waals surface area contributed by atoms with Gasteiger partial charge >= 0.3 is 0 Å². The van der Waals surface area contributed by atoms with E-state index in [1.807, 2.05) is 13.8 Å². The van der Waals surface area contributed by atoms with Crippen molar-refractivity contribution < 1.29 is 17.9 Å². The van der Waals surface area contributed by atoms with E-state index in [2.05, 4.69) is 9.62 Å². The van der Waals surface area contributed by atoms with Gasteiger partial charge in [0.25, 0.3) is 0 Å². The Hall–Kier alpha value is -1.15. The van der Waals surface area contributed by atoms with E-state index in [-0.39, 0.29) is 10.9 Å². The summed E-state index contributed by atoms with van der Waals surface area (Å²) in [5, 5.41) is 0. The van der Waals surface area contributed by atoms with Gasteiger partial charge in [0.1, 0.15) is 5.75 Å². The van der Waals surface area contributed by atoms with E-state index in [4.69, 9.17) is 9.47 Å². The number of nitrogens with one attached hydrogen (secondary N) is 1. The van der Waals surface area contributed by atoms with Gasteiger partial charge in [-0.25, -0.2) is 13.1 Å². The second-order valence-corrected chi connectivity index (χ2v) is 7.47. The maximum absolute atomic E-state index is 12.4. The molecular formula is C16H26N2O4S. The Morgan fingerprint density at radius 1 is 1.26 bits per heavy atom. The third-order valence-corrected chi connectivity index (χ3v) is 5.20. The van der Waals surface area contributed by atoms with Gasteiger partial charge in [0, 0.05) is 25.7 Å². The number of nitrogens with zero attached hydrogens (tertiary/aromatic N) is 1. The summed E-state index contributed by atoms with van der Waals surface area (Å²) in [5.74, 6) is 0.687. The Labute approximate surface area is 138 Å². The largest absolute Gasteiger partial charge is 0.494 e. The van der Waals surface area contributed by atoms with Gasteiger partial charge in [-0.3, -0.25) is 4.90 Å². The number of hydrogen-bond donors (Lipinski definition) is 1. The molecule has 1 saturated heterocycles. The molecule has 0 amide bonds. The van der Waals surface area contributed by atoms with Crippen LogP contribution in [0.25, 0.3) is 0 Å². The van der Waals surface area contributed by atoms with Crippen LogP contribution in [0.2, 0.25) is 0 Å². The monoisotopic (exact) mass is 342 g/mol. The SMILES string of the molecule is CCCOc1ccc(S(=O)(=O)NC(C)CN2CCOCC2)cc1. The van der Waals surface area contributed by atoms with Crippen LogP contribution in [0.4, 0.5) is 0 Å². The summed E-state index contributed by atoms with van der Waals surface area (Å²) in [4.78, 5) is 2.47. The van der Waals surface area contributed by atoms with Crippen LogP contribution >= 0.6 is 0 Å². The number of rotatable bonds is 8. The molecule has 0 spiro atoms. The van der Waals surface area contributed by atoms with E-state index in [9.17, 15) is 8.42 Å². The first-order chi connectivity index (χ1) is 11.0. The number of morpholine rings is 1. The summed E-state index contributed by atoms with van der Waals surface area (Å²) in [6.45, 7) is 8.31. The van der Waals surface area contributed by atoms with Crippen LogP contribution < -0.4 is 9.46 Å². The second-order valence-electron chi connectivity index (χ2n) is 5.76. The van der Waals surface area contributed by atoms with Gasteiger partial charge in [0.15, 0.2) is 0 Å². The molecule has 0 bridgehead atoms. The molecule has 1 N–H and O–H groups in total. The van der Waals surface area contributed by atoms with Gasteiger partial charge in [-0.1, -0.05) is 6.92 Å². The Morgan fingerprint density at radius 2 is 1.91 bits per heavy atom. The fourth-order valence-electron chi connectivity index (χ4n) is 2.48. The molecule has 0 saturated carbocycles. The zero-order chi connectivity index (χ0) is 16.7. The Kier molecular flexibility index (Phi) is 6.83. The predicted molar refractivity (Wildman–Crippen MR) is 89.3 cm³/mol. The first-order valence-electron chi connectivity index (χ1n) is 8.06. The van der Waals surface area contributed by atoms with Crippen molar-refractivity contribution in [1.29, 1.82) is 0 Å². The van der Waals surface area contributed by atoms with E-state index >= 15 is 0 Å². The van der Waals surface area contributed by atoms with Gasteiger partial charge in [-0.15, -0.1) is 0 Å². The lowest BCUT2D eigenvalue weighted by Gasteiger charge is -2.29. The highest BCUT2D eigenvalue weighted by Crippen LogP contribution is 2.16. The molecule has 1 aromatic carbocycles. The van der Waals surface area contributed by atoms with Gasteiger partial charge < -0.3 is 9.47 Å². The average Bonchev–Trinajstić information content (AvgIpc) is 2.53. The predicted octanol–water partition coefficient (Wildman–Crippen LogP) is 1.47. The topological polar surface area (TPSA) is 67.9 Å². The molecule has 6 nitrogen and oxygen atoms in total. The second kappa shape index (κ2) is 8.63. The lowest BCUT2D eigenvalue weighted by atomic mass is 10.3. The minimum absolute atomic E-state index is 0.158. The molecule has 2 rings (SSSR count). The smallest absolute Gasteiger partial charge is 0.240 e. The summed E-state index contributed by atoms with van der Waals surface area (Å²) in [6.07, 6.45) is 0.917. The van der Waals surface area contributed by atoms with E-state index in [1.165, 1.54) is 0 Å².